The summed E-state index contributed by atoms with van der Waals surface area (Å²) in [5.74, 6) is -0.00984. The first-order valence-electron chi connectivity index (χ1n) is 12.7. The van der Waals surface area contributed by atoms with E-state index in [-0.39, 0.29) is 12.2 Å². The van der Waals surface area contributed by atoms with Gasteiger partial charge in [0.15, 0.2) is 5.78 Å². The van der Waals surface area contributed by atoms with Gasteiger partial charge >= 0.3 is 6.09 Å². The lowest BCUT2D eigenvalue weighted by Gasteiger charge is -2.27. The van der Waals surface area contributed by atoms with Crippen LogP contribution < -0.4 is 5.32 Å². The van der Waals surface area contributed by atoms with Crippen molar-refractivity contribution in [2.45, 2.75) is 71.5 Å². The van der Waals surface area contributed by atoms with Gasteiger partial charge in [-0.3, -0.25) is 10.1 Å². The number of benzene rings is 2. The van der Waals surface area contributed by atoms with E-state index in [0.717, 1.165) is 43.5 Å². The van der Waals surface area contributed by atoms with Crippen LogP contribution in [0.1, 0.15) is 75.4 Å². The van der Waals surface area contributed by atoms with E-state index in [2.05, 4.69) is 16.3 Å². The van der Waals surface area contributed by atoms with Gasteiger partial charge in [-0.15, -0.1) is 0 Å². The third-order valence-corrected chi connectivity index (χ3v) is 5.94. The van der Waals surface area contributed by atoms with Gasteiger partial charge in [0.25, 0.3) is 0 Å². The van der Waals surface area contributed by atoms with Gasteiger partial charge in [-0.2, -0.15) is 0 Å². The van der Waals surface area contributed by atoms with E-state index >= 15 is 0 Å². The van der Waals surface area contributed by atoms with Gasteiger partial charge in [-0.05, 0) is 77.6 Å². The second kappa shape index (κ2) is 11.8. The zero-order chi connectivity index (χ0) is 26.3. The number of carbonyl (C=O) groups excluding carboxylic acids is 2. The molecule has 2 aromatic rings. The number of hydrogen-bond acceptors (Lipinski definition) is 5. The van der Waals surface area contributed by atoms with Gasteiger partial charge in [-0.25, -0.2) is 4.79 Å². The molecule has 1 saturated heterocycles. The fourth-order valence-electron chi connectivity index (χ4n) is 4.40. The number of nitrogens with one attached hydrogen (secondary N) is 1. The van der Waals surface area contributed by atoms with Crippen LogP contribution in [0.5, 0.6) is 0 Å². The van der Waals surface area contributed by atoms with Crippen LogP contribution in [0.15, 0.2) is 54.1 Å². The largest absolute Gasteiger partial charge is 0.444 e. The van der Waals surface area contributed by atoms with Crippen LogP contribution in [0.4, 0.5) is 10.5 Å². The molecular weight excluding hydrogens is 452 g/mol. The van der Waals surface area contributed by atoms with Crippen LogP contribution in [0, 0.1) is 0 Å². The lowest BCUT2D eigenvalue weighted by molar-refractivity contribution is 0.0375. The minimum absolute atomic E-state index is 0.00984. The maximum atomic E-state index is 13.0. The highest BCUT2D eigenvalue weighted by atomic mass is 16.6. The zero-order valence-electron chi connectivity index (χ0n) is 22.3. The van der Waals surface area contributed by atoms with E-state index in [9.17, 15) is 14.7 Å². The molecular formula is C30H40N2O4. The van der Waals surface area contributed by atoms with Crippen molar-refractivity contribution in [2.24, 2.45) is 0 Å². The Morgan fingerprint density at radius 2 is 1.69 bits per heavy atom. The normalized spacial score (nSPS) is 16.4. The Labute approximate surface area is 215 Å². The summed E-state index contributed by atoms with van der Waals surface area (Å²) in [4.78, 5) is 27.5. The number of rotatable bonds is 7. The Morgan fingerprint density at radius 1 is 1.00 bits per heavy atom. The Morgan fingerprint density at radius 3 is 2.36 bits per heavy atom. The predicted octanol–water partition coefficient (Wildman–Crippen LogP) is 6.10. The van der Waals surface area contributed by atoms with E-state index in [1.54, 1.807) is 6.07 Å². The number of anilines is 1. The fraction of sp³-hybridized carbons (Fsp3) is 0.467. The molecule has 1 aliphatic heterocycles. The van der Waals surface area contributed by atoms with Crippen molar-refractivity contribution in [3.8, 4) is 0 Å². The molecule has 2 N–H and O–H groups in total. The zero-order valence-corrected chi connectivity index (χ0v) is 22.3. The topological polar surface area (TPSA) is 78.9 Å². The van der Waals surface area contributed by atoms with E-state index in [4.69, 9.17) is 4.74 Å². The number of para-hydroxylation sites is 1. The van der Waals surface area contributed by atoms with E-state index in [1.165, 1.54) is 5.57 Å². The highest BCUT2D eigenvalue weighted by Gasteiger charge is 2.20. The number of carbonyl (C=O) groups is 2. The first-order valence-corrected chi connectivity index (χ1v) is 12.7. The summed E-state index contributed by atoms with van der Waals surface area (Å²) in [6.45, 7) is 11.8. The molecule has 0 aliphatic carbocycles. The predicted molar refractivity (Wildman–Crippen MR) is 145 cm³/mol. The minimum atomic E-state index is -0.678. The average Bonchev–Trinajstić information content (AvgIpc) is 2.98. The molecule has 0 radical (unpaired) electrons. The monoisotopic (exact) mass is 492 g/mol. The van der Waals surface area contributed by atoms with Gasteiger partial charge in [-0.1, -0.05) is 54.1 Å². The van der Waals surface area contributed by atoms with Crippen molar-refractivity contribution in [3.63, 3.8) is 0 Å². The van der Waals surface area contributed by atoms with E-state index in [1.807, 2.05) is 77.1 Å². The summed E-state index contributed by atoms with van der Waals surface area (Å²) >= 11 is 0. The van der Waals surface area contributed by atoms with Crippen LogP contribution in [-0.4, -0.2) is 52.7 Å². The molecule has 194 valence electrons. The second-order valence-electron chi connectivity index (χ2n) is 11.3. The quantitative estimate of drug-likeness (QED) is 0.457. The molecule has 0 unspecified atom stereocenters. The van der Waals surface area contributed by atoms with Crippen molar-refractivity contribution in [1.82, 2.24) is 4.90 Å². The van der Waals surface area contributed by atoms with Crippen molar-refractivity contribution in [2.75, 3.05) is 25.0 Å². The molecule has 1 aliphatic rings. The van der Waals surface area contributed by atoms with Gasteiger partial charge in [0, 0.05) is 30.8 Å². The smallest absolute Gasteiger partial charge is 0.412 e. The van der Waals surface area contributed by atoms with Crippen LogP contribution >= 0.6 is 0 Å². The van der Waals surface area contributed by atoms with E-state index < -0.39 is 17.3 Å². The third-order valence-electron chi connectivity index (χ3n) is 5.94. The summed E-state index contributed by atoms with van der Waals surface area (Å²) in [5, 5.41) is 12.9. The number of β-amino-alcohol motifs (C(OH)–C–C–N with tert-alkyl or cyclic N) is 1. The number of ether oxygens (including phenoxy) is 1. The second-order valence-corrected chi connectivity index (χ2v) is 11.3. The number of Topliss-reactive ketones (excluding diaryl/α,β-unsaturated/α-hetero) is 1. The van der Waals surface area contributed by atoms with Crippen molar-refractivity contribution < 1.29 is 19.4 Å². The lowest BCUT2D eigenvalue weighted by atomic mass is 9.99. The van der Waals surface area contributed by atoms with Crippen molar-refractivity contribution in [3.05, 3.63) is 70.8 Å². The molecule has 2 aromatic carbocycles. The molecule has 36 heavy (non-hydrogen) atoms. The molecule has 1 amide bonds. The number of ketones is 1. The Hall–Kier alpha value is -2.96. The minimum Gasteiger partial charge on any atom is -0.444 e. The molecule has 6 nitrogen and oxygen atoms in total. The number of hydrogen-bond donors (Lipinski definition) is 2. The van der Waals surface area contributed by atoms with Crippen molar-refractivity contribution in [1.29, 1.82) is 0 Å². The molecule has 0 atom stereocenters. The van der Waals surface area contributed by atoms with Gasteiger partial charge in [0.05, 0.1) is 5.60 Å². The summed E-state index contributed by atoms with van der Waals surface area (Å²) < 4.78 is 5.34. The van der Waals surface area contributed by atoms with Crippen LogP contribution in [0.3, 0.4) is 0 Å². The van der Waals surface area contributed by atoms with Crippen LogP contribution in [0.25, 0.3) is 6.08 Å². The highest BCUT2D eigenvalue weighted by Crippen LogP contribution is 2.23. The lowest BCUT2D eigenvalue weighted by Crippen LogP contribution is -2.39. The number of amides is 1. The molecule has 0 aromatic heterocycles. The average molecular weight is 493 g/mol. The number of likely N-dealkylation sites (tertiary alicyclic amines) is 1. The van der Waals surface area contributed by atoms with Crippen LogP contribution in [-0.2, 0) is 11.2 Å². The Balaban J connectivity index is 1.62. The summed E-state index contributed by atoms with van der Waals surface area (Å²) in [5.41, 5.74) is 3.17. The molecule has 0 spiro atoms. The van der Waals surface area contributed by atoms with Gasteiger partial charge in [0.1, 0.15) is 5.60 Å². The summed E-state index contributed by atoms with van der Waals surface area (Å²) in [6.07, 6.45) is 4.98. The van der Waals surface area contributed by atoms with Crippen LogP contribution in [0.2, 0.25) is 0 Å². The molecule has 0 bridgehead atoms. The first-order chi connectivity index (χ1) is 16.9. The molecule has 0 saturated carbocycles. The Kier molecular flexibility index (Phi) is 9.09. The maximum absolute atomic E-state index is 13.0. The maximum Gasteiger partial charge on any atom is 0.412 e. The first kappa shape index (κ1) is 27.6. The van der Waals surface area contributed by atoms with E-state index in [0.29, 0.717) is 17.8 Å². The molecule has 1 heterocycles. The van der Waals surface area contributed by atoms with Gasteiger partial charge < -0.3 is 14.7 Å². The standard InChI is InChI=1S/C30H40N2O4/c1-29(2,3)36-28(34)31-26-11-7-6-10-25(26)20-27(33)24-14-12-23(13-15-24)19-22-9-8-17-32(18-16-22)21-30(4,5)35/h6-7,10-15,19,35H,8-9,16-18,20-21H2,1-5H3,(H,31,34). The Bertz CT molecular complexity index is 1080. The number of nitrogens with zero attached hydrogens (tertiary/aromatic N) is 1. The molecule has 6 heteroatoms. The molecule has 1 fully saturated rings. The highest BCUT2D eigenvalue weighted by molar-refractivity contribution is 5.99. The molecule has 3 rings (SSSR count). The van der Waals surface area contributed by atoms with Gasteiger partial charge in [0.2, 0.25) is 0 Å². The summed E-state index contributed by atoms with van der Waals surface area (Å²) in [6, 6.07) is 15.0. The number of aliphatic hydroxyl groups is 1. The fourth-order valence-corrected chi connectivity index (χ4v) is 4.40. The SMILES string of the molecule is CC(C)(O)CN1CCCC(=Cc2ccc(C(=O)Cc3ccccc3NC(=O)OC(C)(C)C)cc2)CC1. The summed E-state index contributed by atoms with van der Waals surface area (Å²) in [7, 11) is 0. The third kappa shape index (κ3) is 9.25. The van der Waals surface area contributed by atoms with Crippen molar-refractivity contribution >= 4 is 23.6 Å².